The second kappa shape index (κ2) is 7.63. The lowest BCUT2D eigenvalue weighted by Crippen LogP contribution is -2.30. The molecule has 2 N–H and O–H groups in total. The van der Waals surface area contributed by atoms with Gasteiger partial charge in [-0.05, 0) is 44.0 Å². The summed E-state index contributed by atoms with van der Waals surface area (Å²) in [5, 5.41) is 5.38. The van der Waals surface area contributed by atoms with E-state index in [2.05, 4.69) is 17.6 Å². The van der Waals surface area contributed by atoms with E-state index in [1.54, 1.807) is 22.8 Å². The fourth-order valence-corrected chi connectivity index (χ4v) is 2.37. The number of aromatic nitrogens is 1. The minimum atomic E-state index is -0.418. The molecule has 0 fully saturated rings. The summed E-state index contributed by atoms with van der Waals surface area (Å²) < 4.78 is 1.73. The standard InChI is InChI=1S/C18H23N3O2/c1-4-5-11-21-14(3)13(2)12-16(17(21)22)20-18(23)19-15-9-7-6-8-10-15/h6-10,12H,4-5,11H2,1-3H3,(H2,19,20,23). The summed E-state index contributed by atoms with van der Waals surface area (Å²) in [6.07, 6.45) is 1.94. The van der Waals surface area contributed by atoms with Crippen LogP contribution in [0.1, 0.15) is 31.0 Å². The Labute approximate surface area is 136 Å². The van der Waals surface area contributed by atoms with Gasteiger partial charge in [-0.15, -0.1) is 0 Å². The van der Waals surface area contributed by atoms with E-state index in [9.17, 15) is 9.59 Å². The predicted octanol–water partition coefficient (Wildman–Crippen LogP) is 3.91. The topological polar surface area (TPSA) is 63.1 Å². The van der Waals surface area contributed by atoms with E-state index >= 15 is 0 Å². The molecule has 0 radical (unpaired) electrons. The SMILES string of the molecule is CCCCn1c(C)c(C)cc(NC(=O)Nc2ccccc2)c1=O. The number of nitrogens with one attached hydrogen (secondary N) is 2. The molecule has 0 saturated carbocycles. The molecule has 0 bridgehead atoms. The average molecular weight is 313 g/mol. The number of para-hydroxylation sites is 1. The van der Waals surface area contributed by atoms with E-state index in [0.29, 0.717) is 17.9 Å². The van der Waals surface area contributed by atoms with Gasteiger partial charge in [0.05, 0.1) is 0 Å². The monoisotopic (exact) mass is 313 g/mol. The molecule has 2 amide bonds. The molecule has 0 unspecified atom stereocenters. The van der Waals surface area contributed by atoms with Crippen LogP contribution in [-0.2, 0) is 6.54 Å². The molecular formula is C18H23N3O2. The Morgan fingerprint density at radius 1 is 1.13 bits per heavy atom. The molecule has 0 aliphatic rings. The number of unbranched alkanes of at least 4 members (excludes halogenated alkanes) is 1. The molecular weight excluding hydrogens is 290 g/mol. The van der Waals surface area contributed by atoms with Crippen LogP contribution in [0.4, 0.5) is 16.2 Å². The molecule has 1 heterocycles. The molecule has 5 heteroatoms. The number of pyridine rings is 1. The van der Waals surface area contributed by atoms with Gasteiger partial charge in [-0.3, -0.25) is 4.79 Å². The lowest BCUT2D eigenvalue weighted by Gasteiger charge is -2.15. The lowest BCUT2D eigenvalue weighted by atomic mass is 10.2. The van der Waals surface area contributed by atoms with Crippen molar-refractivity contribution >= 4 is 17.4 Å². The molecule has 23 heavy (non-hydrogen) atoms. The summed E-state index contributed by atoms with van der Waals surface area (Å²) in [5.41, 5.74) is 2.75. The highest BCUT2D eigenvalue weighted by Gasteiger charge is 2.12. The van der Waals surface area contributed by atoms with Gasteiger partial charge in [0.1, 0.15) is 5.69 Å². The molecule has 2 aromatic rings. The highest BCUT2D eigenvalue weighted by molar-refractivity contribution is 5.99. The van der Waals surface area contributed by atoms with Crippen molar-refractivity contribution in [3.8, 4) is 0 Å². The zero-order chi connectivity index (χ0) is 16.8. The van der Waals surface area contributed by atoms with Crippen molar-refractivity contribution in [2.45, 2.75) is 40.2 Å². The number of carbonyl (C=O) groups excluding carboxylic acids is 1. The van der Waals surface area contributed by atoms with Crippen LogP contribution in [0.15, 0.2) is 41.2 Å². The molecule has 0 spiro atoms. The van der Waals surface area contributed by atoms with Crippen molar-refractivity contribution in [3.05, 3.63) is 58.0 Å². The molecule has 0 saturated heterocycles. The molecule has 0 atom stereocenters. The Morgan fingerprint density at radius 3 is 2.48 bits per heavy atom. The smallest absolute Gasteiger partial charge is 0.311 e. The van der Waals surface area contributed by atoms with Crippen LogP contribution in [0.2, 0.25) is 0 Å². The molecule has 0 aliphatic heterocycles. The van der Waals surface area contributed by atoms with Crippen molar-refractivity contribution in [2.24, 2.45) is 0 Å². The summed E-state index contributed by atoms with van der Waals surface area (Å²) in [6, 6.07) is 10.4. The Morgan fingerprint density at radius 2 is 1.83 bits per heavy atom. The first kappa shape index (κ1) is 16.8. The highest BCUT2D eigenvalue weighted by Crippen LogP contribution is 2.12. The molecule has 5 nitrogen and oxygen atoms in total. The van der Waals surface area contributed by atoms with Crippen LogP contribution in [0.5, 0.6) is 0 Å². The molecule has 1 aromatic heterocycles. The number of hydrogen-bond acceptors (Lipinski definition) is 2. The second-order valence-corrected chi connectivity index (χ2v) is 5.58. The minimum Gasteiger partial charge on any atom is -0.311 e. The van der Waals surface area contributed by atoms with Gasteiger partial charge in [0.25, 0.3) is 5.56 Å². The van der Waals surface area contributed by atoms with E-state index < -0.39 is 6.03 Å². The molecule has 1 aromatic carbocycles. The first-order valence-electron chi connectivity index (χ1n) is 7.87. The van der Waals surface area contributed by atoms with E-state index in [4.69, 9.17) is 0 Å². The van der Waals surface area contributed by atoms with Crippen LogP contribution in [0.25, 0.3) is 0 Å². The number of hydrogen-bond donors (Lipinski definition) is 2. The highest BCUT2D eigenvalue weighted by atomic mass is 16.2. The number of benzene rings is 1. The maximum Gasteiger partial charge on any atom is 0.323 e. The molecule has 122 valence electrons. The second-order valence-electron chi connectivity index (χ2n) is 5.58. The number of nitrogens with zero attached hydrogens (tertiary/aromatic N) is 1. The van der Waals surface area contributed by atoms with Crippen molar-refractivity contribution in [1.82, 2.24) is 4.57 Å². The Kier molecular flexibility index (Phi) is 5.57. The fourth-order valence-electron chi connectivity index (χ4n) is 2.37. The van der Waals surface area contributed by atoms with Gasteiger partial charge in [0.15, 0.2) is 0 Å². The zero-order valence-electron chi connectivity index (χ0n) is 13.8. The summed E-state index contributed by atoms with van der Waals surface area (Å²) in [5.74, 6) is 0. The largest absolute Gasteiger partial charge is 0.323 e. The Hall–Kier alpha value is -2.56. The maximum atomic E-state index is 12.6. The fraction of sp³-hybridized carbons (Fsp3) is 0.333. The van der Waals surface area contributed by atoms with Crippen molar-refractivity contribution in [2.75, 3.05) is 10.6 Å². The Bertz CT molecular complexity index is 736. The maximum absolute atomic E-state index is 12.6. The minimum absolute atomic E-state index is 0.162. The van der Waals surface area contributed by atoms with Crippen LogP contribution in [-0.4, -0.2) is 10.6 Å². The van der Waals surface area contributed by atoms with Gasteiger partial charge in [0.2, 0.25) is 0 Å². The number of urea groups is 1. The van der Waals surface area contributed by atoms with E-state index in [1.807, 2.05) is 32.0 Å². The number of amides is 2. The normalized spacial score (nSPS) is 10.4. The third-order valence-corrected chi connectivity index (χ3v) is 3.83. The quantitative estimate of drug-likeness (QED) is 0.879. The van der Waals surface area contributed by atoms with Gasteiger partial charge in [-0.1, -0.05) is 31.5 Å². The first-order valence-corrected chi connectivity index (χ1v) is 7.87. The van der Waals surface area contributed by atoms with Crippen LogP contribution >= 0.6 is 0 Å². The average Bonchev–Trinajstić information content (AvgIpc) is 2.53. The number of rotatable bonds is 5. The predicted molar refractivity (Wildman–Crippen MR) is 94.2 cm³/mol. The van der Waals surface area contributed by atoms with E-state index in [0.717, 1.165) is 24.1 Å². The lowest BCUT2D eigenvalue weighted by molar-refractivity contribution is 0.262. The van der Waals surface area contributed by atoms with Crippen molar-refractivity contribution in [1.29, 1.82) is 0 Å². The number of carbonyl (C=O) groups is 1. The van der Waals surface area contributed by atoms with Crippen molar-refractivity contribution in [3.63, 3.8) is 0 Å². The zero-order valence-corrected chi connectivity index (χ0v) is 13.8. The third kappa shape index (κ3) is 4.22. The van der Waals surface area contributed by atoms with Crippen LogP contribution in [0.3, 0.4) is 0 Å². The van der Waals surface area contributed by atoms with Gasteiger partial charge in [-0.25, -0.2) is 4.79 Å². The number of aryl methyl sites for hydroxylation is 1. The summed E-state index contributed by atoms with van der Waals surface area (Å²) in [6.45, 7) is 6.62. The number of anilines is 2. The van der Waals surface area contributed by atoms with Gasteiger partial charge in [0, 0.05) is 17.9 Å². The van der Waals surface area contributed by atoms with Crippen LogP contribution < -0.4 is 16.2 Å². The molecule has 2 rings (SSSR count). The van der Waals surface area contributed by atoms with E-state index in [1.165, 1.54) is 0 Å². The van der Waals surface area contributed by atoms with E-state index in [-0.39, 0.29) is 5.56 Å². The van der Waals surface area contributed by atoms with Crippen molar-refractivity contribution < 1.29 is 4.79 Å². The third-order valence-electron chi connectivity index (χ3n) is 3.83. The molecule has 0 aliphatic carbocycles. The van der Waals surface area contributed by atoms with Crippen LogP contribution in [0, 0.1) is 13.8 Å². The summed E-state index contributed by atoms with van der Waals surface area (Å²) in [4.78, 5) is 24.6. The summed E-state index contributed by atoms with van der Waals surface area (Å²) >= 11 is 0. The van der Waals surface area contributed by atoms with Gasteiger partial charge >= 0.3 is 6.03 Å². The van der Waals surface area contributed by atoms with Gasteiger partial charge in [-0.2, -0.15) is 0 Å². The summed E-state index contributed by atoms with van der Waals surface area (Å²) in [7, 11) is 0. The first-order chi connectivity index (χ1) is 11.0. The Balaban J connectivity index is 2.21. The van der Waals surface area contributed by atoms with Gasteiger partial charge < -0.3 is 15.2 Å².